The molecule has 3 amide bonds. The van der Waals surface area contributed by atoms with Gasteiger partial charge in [-0.2, -0.15) is 0 Å². The van der Waals surface area contributed by atoms with Crippen LogP contribution < -0.4 is 10.6 Å². The summed E-state index contributed by atoms with van der Waals surface area (Å²) < 4.78 is 10.5. The van der Waals surface area contributed by atoms with Gasteiger partial charge in [-0.3, -0.25) is 4.79 Å². The minimum Gasteiger partial charge on any atom is -0.379 e. The zero-order valence-corrected chi connectivity index (χ0v) is 10.5. The normalized spacial score (nSPS) is 27.9. The molecule has 18 heavy (non-hydrogen) atoms. The van der Waals surface area contributed by atoms with Crippen LogP contribution in [0.4, 0.5) is 4.79 Å². The number of amides is 3. The van der Waals surface area contributed by atoms with Crippen molar-refractivity contribution in [2.75, 3.05) is 40.0 Å². The van der Waals surface area contributed by atoms with Gasteiger partial charge in [-0.25, -0.2) is 4.79 Å². The molecule has 7 nitrogen and oxygen atoms in total. The predicted octanol–water partition coefficient (Wildman–Crippen LogP) is -1.07. The molecule has 0 radical (unpaired) electrons. The van der Waals surface area contributed by atoms with E-state index in [1.54, 1.807) is 7.05 Å². The molecule has 0 aliphatic carbocycles. The maximum atomic E-state index is 12.1. The van der Waals surface area contributed by atoms with Crippen LogP contribution in [0.1, 0.15) is 6.42 Å². The van der Waals surface area contributed by atoms with E-state index in [0.717, 1.165) is 6.42 Å². The van der Waals surface area contributed by atoms with Crippen molar-refractivity contribution in [3.63, 3.8) is 0 Å². The van der Waals surface area contributed by atoms with Crippen molar-refractivity contribution in [2.24, 2.45) is 0 Å². The topological polar surface area (TPSA) is 79.9 Å². The smallest absolute Gasteiger partial charge is 0.318 e. The minimum atomic E-state index is -0.550. The summed E-state index contributed by atoms with van der Waals surface area (Å²) in [4.78, 5) is 25.3. The molecule has 2 N–H and O–H groups in total. The van der Waals surface area contributed by atoms with Gasteiger partial charge in [-0.1, -0.05) is 0 Å². The summed E-state index contributed by atoms with van der Waals surface area (Å²) in [7, 11) is 1.55. The predicted molar refractivity (Wildman–Crippen MR) is 63.1 cm³/mol. The van der Waals surface area contributed by atoms with Crippen LogP contribution in [0.3, 0.4) is 0 Å². The molecule has 0 spiro atoms. The number of hydrogen-bond acceptors (Lipinski definition) is 4. The number of rotatable bonds is 2. The average Bonchev–Trinajstić information content (AvgIpc) is 2.90. The Labute approximate surface area is 106 Å². The molecule has 2 rings (SSSR count). The summed E-state index contributed by atoms with van der Waals surface area (Å²) >= 11 is 0. The molecule has 102 valence electrons. The zero-order chi connectivity index (χ0) is 13.0. The molecule has 2 heterocycles. The number of carbonyl (C=O) groups is 2. The van der Waals surface area contributed by atoms with E-state index in [1.165, 1.54) is 4.90 Å². The highest BCUT2D eigenvalue weighted by Crippen LogP contribution is 2.10. The molecule has 7 heteroatoms. The number of nitrogens with zero attached hydrogens (tertiary/aromatic N) is 1. The molecule has 2 unspecified atom stereocenters. The van der Waals surface area contributed by atoms with Crippen LogP contribution >= 0.6 is 0 Å². The van der Waals surface area contributed by atoms with Crippen LogP contribution in [0.5, 0.6) is 0 Å². The third-order valence-corrected chi connectivity index (χ3v) is 3.20. The monoisotopic (exact) mass is 257 g/mol. The van der Waals surface area contributed by atoms with Gasteiger partial charge < -0.3 is 25.0 Å². The van der Waals surface area contributed by atoms with Crippen LogP contribution in [-0.2, 0) is 14.3 Å². The maximum absolute atomic E-state index is 12.1. The summed E-state index contributed by atoms with van der Waals surface area (Å²) in [6.07, 6.45) is 0.820. The molecule has 2 atom stereocenters. The Morgan fingerprint density at radius 3 is 2.67 bits per heavy atom. The van der Waals surface area contributed by atoms with Gasteiger partial charge in [0.1, 0.15) is 6.04 Å². The second-order valence-electron chi connectivity index (χ2n) is 4.41. The van der Waals surface area contributed by atoms with Gasteiger partial charge >= 0.3 is 6.03 Å². The van der Waals surface area contributed by atoms with Gasteiger partial charge in [0.25, 0.3) is 0 Å². The summed E-state index contributed by atoms with van der Waals surface area (Å²) in [5.74, 6) is -0.201. The zero-order valence-electron chi connectivity index (χ0n) is 10.5. The van der Waals surface area contributed by atoms with E-state index >= 15 is 0 Å². The first kappa shape index (κ1) is 13.1. The van der Waals surface area contributed by atoms with Gasteiger partial charge in [0.2, 0.25) is 5.91 Å². The highest BCUT2D eigenvalue weighted by Gasteiger charge is 2.33. The number of urea groups is 1. The first-order chi connectivity index (χ1) is 8.72. The van der Waals surface area contributed by atoms with Crippen molar-refractivity contribution in [1.29, 1.82) is 0 Å². The standard InChI is InChI=1S/C11H19N3O4/c1-12-10(15)9-7-18-5-3-14(9)11(16)13-8-2-4-17-6-8/h8-9H,2-7H2,1H3,(H,12,15)(H,13,16). The first-order valence-electron chi connectivity index (χ1n) is 6.16. The van der Waals surface area contributed by atoms with E-state index in [1.807, 2.05) is 0 Å². The molecule has 2 aliphatic heterocycles. The van der Waals surface area contributed by atoms with Crippen LogP contribution in [-0.4, -0.2) is 68.9 Å². The fourth-order valence-corrected chi connectivity index (χ4v) is 2.14. The maximum Gasteiger partial charge on any atom is 0.318 e. The lowest BCUT2D eigenvalue weighted by molar-refractivity contribution is -0.129. The average molecular weight is 257 g/mol. The fraction of sp³-hybridized carbons (Fsp3) is 0.818. The number of carbonyl (C=O) groups excluding carboxylic acids is 2. The highest BCUT2D eigenvalue weighted by atomic mass is 16.5. The Kier molecular flexibility index (Phi) is 4.38. The Morgan fingerprint density at radius 2 is 2.00 bits per heavy atom. The molecular weight excluding hydrogens is 238 g/mol. The molecule has 0 saturated carbocycles. The number of likely N-dealkylation sites (N-methyl/N-ethyl adjacent to an activating group) is 1. The number of morpholine rings is 1. The first-order valence-corrected chi connectivity index (χ1v) is 6.16. The van der Waals surface area contributed by atoms with Crippen molar-refractivity contribution in [3.05, 3.63) is 0 Å². The summed E-state index contributed by atoms with van der Waals surface area (Å²) in [6, 6.07) is -0.723. The second-order valence-corrected chi connectivity index (χ2v) is 4.41. The highest BCUT2D eigenvalue weighted by molar-refractivity contribution is 5.87. The van der Waals surface area contributed by atoms with E-state index in [0.29, 0.717) is 26.4 Å². The number of nitrogens with one attached hydrogen (secondary N) is 2. The lowest BCUT2D eigenvalue weighted by Gasteiger charge is -2.34. The van der Waals surface area contributed by atoms with Gasteiger partial charge in [-0.15, -0.1) is 0 Å². The molecule has 2 aliphatic rings. The van der Waals surface area contributed by atoms with Crippen LogP contribution in [0.2, 0.25) is 0 Å². The van der Waals surface area contributed by atoms with E-state index in [4.69, 9.17) is 9.47 Å². The Morgan fingerprint density at radius 1 is 1.22 bits per heavy atom. The SMILES string of the molecule is CNC(=O)C1COCCN1C(=O)NC1CCOC1. The quantitative estimate of drug-likeness (QED) is 0.660. The van der Waals surface area contributed by atoms with Crippen LogP contribution in [0.15, 0.2) is 0 Å². The van der Waals surface area contributed by atoms with Crippen molar-refractivity contribution in [2.45, 2.75) is 18.5 Å². The summed E-state index contributed by atoms with van der Waals surface area (Å²) in [5.41, 5.74) is 0. The van der Waals surface area contributed by atoms with Crippen molar-refractivity contribution in [1.82, 2.24) is 15.5 Å². The number of hydrogen-bond donors (Lipinski definition) is 2. The molecule has 2 fully saturated rings. The lowest BCUT2D eigenvalue weighted by Crippen LogP contribution is -2.59. The second kappa shape index (κ2) is 6.01. The molecule has 0 aromatic carbocycles. The van der Waals surface area contributed by atoms with E-state index in [9.17, 15) is 9.59 Å². The van der Waals surface area contributed by atoms with Crippen molar-refractivity contribution >= 4 is 11.9 Å². The van der Waals surface area contributed by atoms with E-state index < -0.39 is 6.04 Å². The van der Waals surface area contributed by atoms with Gasteiger partial charge in [0.15, 0.2) is 0 Å². The Bertz CT molecular complexity index is 317. The molecule has 0 bridgehead atoms. The molecule has 0 aromatic rings. The van der Waals surface area contributed by atoms with Crippen molar-refractivity contribution < 1.29 is 19.1 Å². The molecule has 2 saturated heterocycles. The number of ether oxygens (including phenoxy) is 2. The van der Waals surface area contributed by atoms with Crippen molar-refractivity contribution in [3.8, 4) is 0 Å². The van der Waals surface area contributed by atoms with Crippen LogP contribution in [0, 0.1) is 0 Å². The van der Waals surface area contributed by atoms with E-state index in [2.05, 4.69) is 10.6 Å². The summed E-state index contributed by atoms with van der Waals surface area (Å²) in [6.45, 7) is 2.35. The molecular formula is C11H19N3O4. The third-order valence-electron chi connectivity index (χ3n) is 3.20. The van der Waals surface area contributed by atoms with Crippen LogP contribution in [0.25, 0.3) is 0 Å². The fourth-order valence-electron chi connectivity index (χ4n) is 2.14. The Hall–Kier alpha value is -1.34. The molecule has 0 aromatic heterocycles. The van der Waals surface area contributed by atoms with Gasteiger partial charge in [0.05, 0.1) is 25.9 Å². The van der Waals surface area contributed by atoms with Gasteiger partial charge in [0, 0.05) is 20.2 Å². The minimum absolute atomic E-state index is 0.0469. The Balaban J connectivity index is 1.94. The largest absolute Gasteiger partial charge is 0.379 e. The third kappa shape index (κ3) is 2.91. The lowest BCUT2D eigenvalue weighted by atomic mass is 10.2. The van der Waals surface area contributed by atoms with Gasteiger partial charge in [-0.05, 0) is 6.42 Å². The summed E-state index contributed by atoms with van der Waals surface area (Å²) in [5, 5.41) is 5.43. The van der Waals surface area contributed by atoms with E-state index in [-0.39, 0.29) is 24.6 Å².